The summed E-state index contributed by atoms with van der Waals surface area (Å²) in [6.07, 6.45) is 0.981. The highest BCUT2D eigenvalue weighted by atomic mass is 16.2. The quantitative estimate of drug-likeness (QED) is 0.767. The third-order valence-electron chi connectivity index (χ3n) is 2.34. The van der Waals surface area contributed by atoms with Crippen LogP contribution in [-0.4, -0.2) is 11.9 Å². The van der Waals surface area contributed by atoms with Gasteiger partial charge in [0, 0.05) is 13.0 Å². The van der Waals surface area contributed by atoms with Gasteiger partial charge < -0.3 is 0 Å². The van der Waals surface area contributed by atoms with Gasteiger partial charge in [-0.3, -0.25) is 15.2 Å². The lowest BCUT2D eigenvalue weighted by Gasteiger charge is -2.30. The van der Waals surface area contributed by atoms with Crippen molar-refractivity contribution in [2.24, 2.45) is 0 Å². The molecule has 3 heteroatoms. The first kappa shape index (κ1) is 11.6. The number of rotatable bonds is 4. The SMILES string of the molecule is CCC(C)N(NC(C)=O)c1ccccc1. The molecule has 0 aliphatic heterocycles. The monoisotopic (exact) mass is 206 g/mol. The van der Waals surface area contributed by atoms with Gasteiger partial charge in [-0.1, -0.05) is 25.1 Å². The topological polar surface area (TPSA) is 32.3 Å². The smallest absolute Gasteiger partial charge is 0.235 e. The molecule has 0 bridgehead atoms. The minimum Gasteiger partial charge on any atom is -0.283 e. The number of carbonyl (C=O) groups is 1. The maximum Gasteiger partial charge on any atom is 0.235 e. The van der Waals surface area contributed by atoms with Crippen LogP contribution in [0.25, 0.3) is 0 Å². The van der Waals surface area contributed by atoms with Crippen LogP contribution >= 0.6 is 0 Å². The van der Waals surface area contributed by atoms with Gasteiger partial charge in [0.2, 0.25) is 5.91 Å². The predicted octanol–water partition coefficient (Wildman–Crippen LogP) is 2.34. The normalized spacial score (nSPS) is 11.9. The molecule has 1 unspecified atom stereocenters. The van der Waals surface area contributed by atoms with E-state index in [1.807, 2.05) is 35.3 Å². The number of para-hydroxylation sites is 1. The van der Waals surface area contributed by atoms with Crippen molar-refractivity contribution in [3.8, 4) is 0 Å². The summed E-state index contributed by atoms with van der Waals surface area (Å²) >= 11 is 0. The number of benzene rings is 1. The molecular formula is C12H18N2O. The average Bonchev–Trinajstić information content (AvgIpc) is 2.26. The molecule has 0 heterocycles. The fraction of sp³-hybridized carbons (Fsp3) is 0.417. The summed E-state index contributed by atoms with van der Waals surface area (Å²) in [6, 6.07) is 10.2. The molecule has 1 aromatic rings. The first-order valence-electron chi connectivity index (χ1n) is 5.26. The van der Waals surface area contributed by atoms with E-state index < -0.39 is 0 Å². The van der Waals surface area contributed by atoms with Gasteiger partial charge in [0.05, 0.1) is 5.69 Å². The Kier molecular flexibility index (Phi) is 4.16. The van der Waals surface area contributed by atoms with Gasteiger partial charge in [0.25, 0.3) is 0 Å². The molecule has 0 radical (unpaired) electrons. The van der Waals surface area contributed by atoms with Crippen LogP contribution < -0.4 is 10.4 Å². The summed E-state index contributed by atoms with van der Waals surface area (Å²) < 4.78 is 0. The molecule has 15 heavy (non-hydrogen) atoms. The number of hydrazine groups is 1. The highest BCUT2D eigenvalue weighted by Crippen LogP contribution is 2.15. The average molecular weight is 206 g/mol. The van der Waals surface area contributed by atoms with E-state index in [4.69, 9.17) is 0 Å². The zero-order valence-corrected chi connectivity index (χ0v) is 9.53. The largest absolute Gasteiger partial charge is 0.283 e. The van der Waals surface area contributed by atoms with Crippen molar-refractivity contribution in [1.82, 2.24) is 5.43 Å². The van der Waals surface area contributed by atoms with Crippen molar-refractivity contribution in [3.63, 3.8) is 0 Å². The molecule has 0 aromatic heterocycles. The van der Waals surface area contributed by atoms with Gasteiger partial charge in [-0.15, -0.1) is 0 Å². The van der Waals surface area contributed by atoms with E-state index in [9.17, 15) is 4.79 Å². The Morgan fingerprint density at radius 2 is 2.00 bits per heavy atom. The number of anilines is 1. The summed E-state index contributed by atoms with van der Waals surface area (Å²) in [7, 11) is 0. The first-order valence-corrected chi connectivity index (χ1v) is 5.26. The van der Waals surface area contributed by atoms with E-state index in [0.717, 1.165) is 12.1 Å². The van der Waals surface area contributed by atoms with Crippen LogP contribution in [0.4, 0.5) is 5.69 Å². The van der Waals surface area contributed by atoms with Gasteiger partial charge in [-0.05, 0) is 25.5 Å². The van der Waals surface area contributed by atoms with E-state index in [0.29, 0.717) is 0 Å². The lowest BCUT2D eigenvalue weighted by atomic mass is 10.2. The van der Waals surface area contributed by atoms with Crippen molar-refractivity contribution < 1.29 is 4.79 Å². The summed E-state index contributed by atoms with van der Waals surface area (Å²) in [6.45, 7) is 5.71. The fourth-order valence-corrected chi connectivity index (χ4v) is 1.37. The Bertz CT molecular complexity index is 311. The molecular weight excluding hydrogens is 188 g/mol. The molecule has 0 aliphatic rings. The van der Waals surface area contributed by atoms with Crippen molar-refractivity contribution in [2.45, 2.75) is 33.2 Å². The maximum absolute atomic E-state index is 11.1. The van der Waals surface area contributed by atoms with E-state index in [1.54, 1.807) is 0 Å². The van der Waals surface area contributed by atoms with Crippen LogP contribution in [0.2, 0.25) is 0 Å². The molecule has 0 fully saturated rings. The highest BCUT2D eigenvalue weighted by Gasteiger charge is 2.13. The lowest BCUT2D eigenvalue weighted by molar-refractivity contribution is -0.119. The third kappa shape index (κ3) is 3.27. The number of amides is 1. The molecule has 1 aromatic carbocycles. The zero-order valence-electron chi connectivity index (χ0n) is 9.53. The lowest BCUT2D eigenvalue weighted by Crippen LogP contribution is -2.46. The number of nitrogens with one attached hydrogen (secondary N) is 1. The molecule has 0 aliphatic carbocycles. The van der Waals surface area contributed by atoms with Crippen LogP contribution in [0.5, 0.6) is 0 Å². The highest BCUT2D eigenvalue weighted by molar-refractivity contribution is 5.75. The minimum absolute atomic E-state index is 0.0425. The van der Waals surface area contributed by atoms with Gasteiger partial charge in [0.15, 0.2) is 0 Å². The van der Waals surface area contributed by atoms with Crippen LogP contribution in [0, 0.1) is 0 Å². The van der Waals surface area contributed by atoms with Gasteiger partial charge >= 0.3 is 0 Å². The minimum atomic E-state index is -0.0425. The number of hydrogen-bond acceptors (Lipinski definition) is 2. The number of nitrogens with zero attached hydrogens (tertiary/aromatic N) is 1. The van der Waals surface area contributed by atoms with Crippen molar-refractivity contribution >= 4 is 11.6 Å². The third-order valence-corrected chi connectivity index (χ3v) is 2.34. The summed E-state index contributed by atoms with van der Waals surface area (Å²) in [4.78, 5) is 11.1. The van der Waals surface area contributed by atoms with Gasteiger partial charge in [-0.25, -0.2) is 0 Å². The second kappa shape index (κ2) is 5.39. The van der Waals surface area contributed by atoms with E-state index in [-0.39, 0.29) is 11.9 Å². The maximum atomic E-state index is 11.1. The van der Waals surface area contributed by atoms with E-state index in [2.05, 4.69) is 19.3 Å². The summed E-state index contributed by atoms with van der Waals surface area (Å²) in [5.74, 6) is -0.0425. The first-order chi connectivity index (χ1) is 7.15. The van der Waals surface area contributed by atoms with Gasteiger partial charge in [-0.2, -0.15) is 0 Å². The molecule has 1 amide bonds. The van der Waals surface area contributed by atoms with Crippen molar-refractivity contribution in [1.29, 1.82) is 0 Å². The van der Waals surface area contributed by atoms with Gasteiger partial charge in [0.1, 0.15) is 0 Å². The zero-order chi connectivity index (χ0) is 11.3. The second-order valence-electron chi connectivity index (χ2n) is 3.63. The Hall–Kier alpha value is -1.51. The van der Waals surface area contributed by atoms with Crippen LogP contribution in [0.1, 0.15) is 27.2 Å². The predicted molar refractivity (Wildman–Crippen MR) is 62.5 cm³/mol. The molecule has 0 spiro atoms. The second-order valence-corrected chi connectivity index (χ2v) is 3.63. The van der Waals surface area contributed by atoms with Crippen molar-refractivity contribution in [3.05, 3.63) is 30.3 Å². The molecule has 1 rings (SSSR count). The van der Waals surface area contributed by atoms with Crippen LogP contribution in [0.15, 0.2) is 30.3 Å². The summed E-state index contributed by atoms with van der Waals surface area (Å²) in [5, 5.41) is 1.91. The molecule has 82 valence electrons. The molecule has 1 N–H and O–H groups in total. The fourth-order valence-electron chi connectivity index (χ4n) is 1.37. The number of hydrogen-bond donors (Lipinski definition) is 1. The Morgan fingerprint density at radius 3 is 2.47 bits per heavy atom. The van der Waals surface area contributed by atoms with Crippen molar-refractivity contribution in [2.75, 3.05) is 5.01 Å². The Labute approximate surface area is 91.1 Å². The summed E-state index contributed by atoms with van der Waals surface area (Å²) in [5.41, 5.74) is 3.86. The Balaban J connectivity index is 2.86. The van der Waals surface area contributed by atoms with Crippen LogP contribution in [0.3, 0.4) is 0 Å². The molecule has 1 atom stereocenters. The molecule has 3 nitrogen and oxygen atoms in total. The molecule has 0 saturated heterocycles. The van der Waals surface area contributed by atoms with E-state index in [1.165, 1.54) is 6.92 Å². The molecule has 0 saturated carbocycles. The number of carbonyl (C=O) groups excluding carboxylic acids is 1. The van der Waals surface area contributed by atoms with E-state index >= 15 is 0 Å². The van der Waals surface area contributed by atoms with Crippen LogP contribution in [-0.2, 0) is 4.79 Å². The Morgan fingerprint density at radius 1 is 1.40 bits per heavy atom. The standard InChI is InChI=1S/C12H18N2O/c1-4-10(2)14(13-11(3)15)12-8-6-5-7-9-12/h5-10H,4H2,1-3H3,(H,13,15).